The second kappa shape index (κ2) is 6.09. The highest BCUT2D eigenvalue weighted by atomic mass is 16.6. The number of nitrogen functional groups attached to an aromatic ring is 1. The summed E-state index contributed by atoms with van der Waals surface area (Å²) in [5.41, 5.74) is 5.83. The molecule has 0 spiro atoms. The number of aromatic amines is 1. The Morgan fingerprint density at radius 1 is 1.61 bits per heavy atom. The molecule has 0 bridgehead atoms. The molecule has 0 saturated carbocycles. The predicted molar refractivity (Wildman–Crippen MR) is 70.9 cm³/mol. The van der Waals surface area contributed by atoms with Crippen molar-refractivity contribution in [3.8, 4) is 0 Å². The molecule has 0 aliphatic carbocycles. The maximum atomic E-state index is 11.3. The van der Waals surface area contributed by atoms with E-state index in [0.29, 0.717) is 18.8 Å². The van der Waals surface area contributed by atoms with Gasteiger partial charge in [0.2, 0.25) is 0 Å². The van der Waals surface area contributed by atoms with Crippen LogP contribution >= 0.6 is 0 Å². The van der Waals surface area contributed by atoms with Crippen molar-refractivity contribution in [2.45, 2.75) is 32.8 Å². The number of rotatable bonds is 4. The highest BCUT2D eigenvalue weighted by molar-refractivity contribution is 5.67. The van der Waals surface area contributed by atoms with Crippen LogP contribution in [-0.4, -0.2) is 28.4 Å². The van der Waals surface area contributed by atoms with Gasteiger partial charge in [-0.25, -0.2) is 4.79 Å². The molecule has 6 nitrogen and oxygen atoms in total. The topological polar surface area (TPSA) is 93.0 Å². The molecule has 0 fully saturated rings. The van der Waals surface area contributed by atoms with E-state index in [2.05, 4.69) is 15.5 Å². The standard InChI is InChI=1S/C12H20N4O2/c1-12(2,3)18-11(17)14-7-5-4-6-9-8-10(13)16-15-9/h4,6,8H,5,7H2,1-3H3,(H,14,17)(H3,13,15,16). The van der Waals surface area contributed by atoms with Gasteiger partial charge in [-0.3, -0.25) is 5.10 Å². The number of hydrogen-bond donors (Lipinski definition) is 3. The van der Waals surface area contributed by atoms with Crippen molar-refractivity contribution in [2.75, 3.05) is 12.3 Å². The van der Waals surface area contributed by atoms with E-state index in [9.17, 15) is 4.79 Å². The minimum Gasteiger partial charge on any atom is -0.444 e. The van der Waals surface area contributed by atoms with Gasteiger partial charge in [0.05, 0.1) is 5.69 Å². The fourth-order valence-electron chi connectivity index (χ4n) is 1.22. The minimum atomic E-state index is -0.465. The first-order valence-corrected chi connectivity index (χ1v) is 5.81. The molecule has 4 N–H and O–H groups in total. The summed E-state index contributed by atoms with van der Waals surface area (Å²) >= 11 is 0. The number of alkyl carbamates (subject to hydrolysis) is 1. The van der Waals surface area contributed by atoms with Crippen molar-refractivity contribution in [3.05, 3.63) is 17.8 Å². The second-order valence-electron chi connectivity index (χ2n) is 4.87. The number of amides is 1. The van der Waals surface area contributed by atoms with E-state index in [1.807, 2.05) is 32.9 Å². The van der Waals surface area contributed by atoms with Gasteiger partial charge >= 0.3 is 6.09 Å². The van der Waals surface area contributed by atoms with E-state index in [-0.39, 0.29) is 0 Å². The van der Waals surface area contributed by atoms with Gasteiger partial charge in [-0.1, -0.05) is 6.08 Å². The zero-order valence-corrected chi connectivity index (χ0v) is 11.0. The third-order valence-electron chi connectivity index (χ3n) is 1.89. The molecule has 6 heteroatoms. The first-order valence-electron chi connectivity index (χ1n) is 5.81. The fourth-order valence-corrected chi connectivity index (χ4v) is 1.22. The largest absolute Gasteiger partial charge is 0.444 e. The summed E-state index contributed by atoms with van der Waals surface area (Å²) in [7, 11) is 0. The Morgan fingerprint density at radius 2 is 2.33 bits per heavy atom. The van der Waals surface area contributed by atoms with Gasteiger partial charge in [-0.05, 0) is 33.3 Å². The zero-order chi connectivity index (χ0) is 13.6. The number of H-pyrrole nitrogens is 1. The van der Waals surface area contributed by atoms with Crippen LogP contribution in [-0.2, 0) is 4.74 Å². The summed E-state index contributed by atoms with van der Waals surface area (Å²) in [5.74, 6) is 0.460. The van der Waals surface area contributed by atoms with Crippen LogP contribution in [0.25, 0.3) is 6.08 Å². The molecule has 0 aromatic carbocycles. The first kappa shape index (κ1) is 14.1. The Kier molecular flexibility index (Phi) is 4.76. The summed E-state index contributed by atoms with van der Waals surface area (Å²) in [6.45, 7) is 6.01. The quantitative estimate of drug-likeness (QED) is 0.714. The van der Waals surface area contributed by atoms with Crippen LogP contribution in [0.5, 0.6) is 0 Å². The SMILES string of the molecule is CC(C)(C)OC(=O)NCCC=Cc1cc(N)n[nH]1. The Labute approximate surface area is 107 Å². The molecule has 0 saturated heterocycles. The Bertz CT molecular complexity index is 418. The highest BCUT2D eigenvalue weighted by Gasteiger charge is 2.14. The van der Waals surface area contributed by atoms with Crippen LogP contribution in [0.1, 0.15) is 32.9 Å². The number of ether oxygens (including phenoxy) is 1. The van der Waals surface area contributed by atoms with Crippen molar-refractivity contribution < 1.29 is 9.53 Å². The monoisotopic (exact) mass is 252 g/mol. The predicted octanol–water partition coefficient (Wildman–Crippen LogP) is 1.92. The van der Waals surface area contributed by atoms with Gasteiger partial charge in [0.25, 0.3) is 0 Å². The lowest BCUT2D eigenvalue weighted by Gasteiger charge is -2.19. The van der Waals surface area contributed by atoms with Crippen LogP contribution < -0.4 is 11.1 Å². The average molecular weight is 252 g/mol. The number of carbonyl (C=O) groups excluding carboxylic acids is 1. The Morgan fingerprint density at radius 3 is 2.89 bits per heavy atom. The normalized spacial score (nSPS) is 11.7. The highest BCUT2D eigenvalue weighted by Crippen LogP contribution is 2.06. The fraction of sp³-hybridized carbons (Fsp3) is 0.500. The Hall–Kier alpha value is -1.98. The van der Waals surface area contributed by atoms with Crippen LogP contribution in [0.15, 0.2) is 12.1 Å². The lowest BCUT2D eigenvalue weighted by Crippen LogP contribution is -2.32. The molecule has 1 rings (SSSR count). The van der Waals surface area contributed by atoms with Gasteiger partial charge in [-0.15, -0.1) is 0 Å². The molecule has 1 amide bonds. The van der Waals surface area contributed by atoms with Crippen LogP contribution in [0.2, 0.25) is 0 Å². The molecule has 1 aromatic rings. The number of hydrogen-bond acceptors (Lipinski definition) is 4. The molecular weight excluding hydrogens is 232 g/mol. The molecule has 100 valence electrons. The maximum Gasteiger partial charge on any atom is 0.407 e. The number of nitrogens with zero attached hydrogens (tertiary/aromatic N) is 1. The molecule has 1 aromatic heterocycles. The molecular formula is C12H20N4O2. The van der Waals surface area contributed by atoms with Crippen molar-refractivity contribution in [1.29, 1.82) is 0 Å². The molecule has 0 aliphatic heterocycles. The maximum absolute atomic E-state index is 11.3. The molecule has 0 atom stereocenters. The van der Waals surface area contributed by atoms with Gasteiger partial charge in [0.1, 0.15) is 11.4 Å². The van der Waals surface area contributed by atoms with E-state index >= 15 is 0 Å². The smallest absolute Gasteiger partial charge is 0.407 e. The van der Waals surface area contributed by atoms with Gasteiger partial charge in [-0.2, -0.15) is 5.10 Å². The van der Waals surface area contributed by atoms with Gasteiger partial charge in [0.15, 0.2) is 0 Å². The minimum absolute atomic E-state index is 0.401. The molecule has 1 heterocycles. The first-order chi connectivity index (χ1) is 8.37. The number of nitrogens with two attached hydrogens (primary N) is 1. The molecule has 0 radical (unpaired) electrons. The summed E-state index contributed by atoms with van der Waals surface area (Å²) in [6.07, 6.45) is 4.09. The average Bonchev–Trinajstić information content (AvgIpc) is 2.61. The van der Waals surface area contributed by atoms with Crippen LogP contribution in [0.4, 0.5) is 10.6 Å². The molecule has 0 unspecified atom stereocenters. The molecule has 0 aliphatic rings. The lowest BCUT2D eigenvalue weighted by molar-refractivity contribution is 0.0529. The summed E-state index contributed by atoms with van der Waals surface area (Å²) < 4.78 is 5.10. The van der Waals surface area contributed by atoms with Crippen molar-refractivity contribution in [1.82, 2.24) is 15.5 Å². The van der Waals surface area contributed by atoms with Crippen LogP contribution in [0.3, 0.4) is 0 Å². The summed E-state index contributed by atoms with van der Waals surface area (Å²) in [4.78, 5) is 11.3. The lowest BCUT2D eigenvalue weighted by atomic mass is 10.2. The van der Waals surface area contributed by atoms with E-state index in [1.165, 1.54) is 0 Å². The molecule has 18 heavy (non-hydrogen) atoms. The van der Waals surface area contributed by atoms with E-state index in [0.717, 1.165) is 5.69 Å². The second-order valence-corrected chi connectivity index (χ2v) is 4.87. The van der Waals surface area contributed by atoms with Crippen molar-refractivity contribution in [3.63, 3.8) is 0 Å². The van der Waals surface area contributed by atoms with E-state index < -0.39 is 11.7 Å². The van der Waals surface area contributed by atoms with E-state index in [1.54, 1.807) is 6.07 Å². The number of aromatic nitrogens is 2. The summed E-state index contributed by atoms with van der Waals surface area (Å²) in [5, 5.41) is 9.23. The third kappa shape index (κ3) is 5.93. The Balaban J connectivity index is 2.19. The van der Waals surface area contributed by atoms with E-state index in [4.69, 9.17) is 10.5 Å². The number of nitrogens with one attached hydrogen (secondary N) is 2. The summed E-state index contributed by atoms with van der Waals surface area (Å²) in [6, 6.07) is 1.73. The van der Waals surface area contributed by atoms with Crippen molar-refractivity contribution >= 4 is 18.0 Å². The number of carbonyl (C=O) groups is 1. The third-order valence-corrected chi connectivity index (χ3v) is 1.89. The number of anilines is 1. The zero-order valence-electron chi connectivity index (χ0n) is 11.0. The van der Waals surface area contributed by atoms with Gasteiger partial charge < -0.3 is 15.8 Å². The van der Waals surface area contributed by atoms with Crippen molar-refractivity contribution in [2.24, 2.45) is 0 Å². The van der Waals surface area contributed by atoms with Gasteiger partial charge in [0, 0.05) is 12.6 Å². The van der Waals surface area contributed by atoms with Crippen LogP contribution in [0, 0.1) is 0 Å².